The van der Waals surface area contributed by atoms with Crippen LogP contribution in [0.4, 0.5) is 0 Å². The van der Waals surface area contributed by atoms with Crippen LogP contribution in [0.3, 0.4) is 0 Å². The Bertz CT molecular complexity index is 147. The Balaban J connectivity index is 4.21. The van der Waals surface area contributed by atoms with E-state index in [1.807, 2.05) is 19.9 Å². The first-order chi connectivity index (χ1) is 4.76. The lowest BCUT2D eigenvalue weighted by Gasteiger charge is -1.99. The smallest absolute Gasteiger partial charge is 0.0693 e. The van der Waals surface area contributed by atoms with Crippen LogP contribution in [0.5, 0.6) is 0 Å². The number of allylic oxidation sites excluding steroid dienone is 2. The summed E-state index contributed by atoms with van der Waals surface area (Å²) in [7, 11) is 0. The lowest BCUT2D eigenvalue weighted by atomic mass is 10.2. The Morgan fingerprint density at radius 2 is 2.20 bits per heavy atom. The maximum absolute atomic E-state index is 8.77. The van der Waals surface area contributed by atoms with Gasteiger partial charge in [-0.3, -0.25) is 0 Å². The number of aliphatic hydroxyl groups is 1. The topological polar surface area (TPSA) is 20.2 Å². The Morgan fingerprint density at radius 3 is 2.50 bits per heavy atom. The maximum atomic E-state index is 8.77. The zero-order chi connectivity index (χ0) is 7.98. The van der Waals surface area contributed by atoms with Crippen LogP contribution < -0.4 is 0 Å². The van der Waals surface area contributed by atoms with E-state index in [-0.39, 0.29) is 6.61 Å². The van der Waals surface area contributed by atoms with E-state index in [2.05, 4.69) is 0 Å². The van der Waals surface area contributed by atoms with Gasteiger partial charge in [0.15, 0.2) is 0 Å². The van der Waals surface area contributed by atoms with Gasteiger partial charge < -0.3 is 5.11 Å². The summed E-state index contributed by atoms with van der Waals surface area (Å²) in [6, 6.07) is 0. The van der Waals surface area contributed by atoms with Crippen LogP contribution in [0.1, 0.15) is 20.3 Å². The van der Waals surface area contributed by atoms with Gasteiger partial charge >= 0.3 is 0 Å². The molecule has 1 N–H and O–H groups in total. The molecule has 0 aliphatic carbocycles. The van der Waals surface area contributed by atoms with Crippen LogP contribution in [0, 0.1) is 0 Å². The van der Waals surface area contributed by atoms with Gasteiger partial charge in [0.25, 0.3) is 0 Å². The van der Waals surface area contributed by atoms with E-state index < -0.39 is 0 Å². The van der Waals surface area contributed by atoms with Crippen LogP contribution in [-0.2, 0) is 0 Å². The van der Waals surface area contributed by atoms with Crippen molar-refractivity contribution in [3.05, 3.63) is 22.8 Å². The summed E-state index contributed by atoms with van der Waals surface area (Å²) in [6.45, 7) is 3.88. The third kappa shape index (κ3) is 3.04. The molecule has 1 nitrogen and oxygen atoms in total. The van der Waals surface area contributed by atoms with E-state index in [0.29, 0.717) is 5.03 Å². The summed E-state index contributed by atoms with van der Waals surface area (Å²) >= 11 is 5.74. The molecular formula is C8H13ClO. The molecule has 0 aliphatic rings. The van der Waals surface area contributed by atoms with Crippen molar-refractivity contribution >= 4 is 11.6 Å². The minimum atomic E-state index is 0.0248. The third-order valence-corrected chi connectivity index (χ3v) is 1.64. The largest absolute Gasteiger partial charge is 0.392 e. The molecule has 0 spiro atoms. The fourth-order valence-corrected chi connectivity index (χ4v) is 0.806. The van der Waals surface area contributed by atoms with Crippen LogP contribution >= 0.6 is 11.6 Å². The average molecular weight is 161 g/mol. The number of halogens is 1. The molecule has 0 unspecified atom stereocenters. The van der Waals surface area contributed by atoms with E-state index in [1.54, 1.807) is 6.08 Å². The summed E-state index contributed by atoms with van der Waals surface area (Å²) in [5, 5.41) is 9.41. The second kappa shape index (κ2) is 5.51. The number of aliphatic hydroxyl groups excluding tert-OH is 1. The van der Waals surface area contributed by atoms with Gasteiger partial charge in [0, 0.05) is 5.03 Å². The predicted molar refractivity (Wildman–Crippen MR) is 45.1 cm³/mol. The molecule has 58 valence electrons. The van der Waals surface area contributed by atoms with E-state index >= 15 is 0 Å². The van der Waals surface area contributed by atoms with Crippen molar-refractivity contribution in [2.75, 3.05) is 6.61 Å². The van der Waals surface area contributed by atoms with Gasteiger partial charge in [-0.2, -0.15) is 0 Å². The molecule has 0 aromatic carbocycles. The van der Waals surface area contributed by atoms with Gasteiger partial charge in [-0.1, -0.05) is 30.7 Å². The molecule has 2 heteroatoms. The van der Waals surface area contributed by atoms with Gasteiger partial charge in [-0.15, -0.1) is 0 Å². The second-order valence-corrected chi connectivity index (χ2v) is 2.34. The molecule has 0 saturated carbocycles. The quantitative estimate of drug-likeness (QED) is 0.629. The van der Waals surface area contributed by atoms with E-state index in [1.165, 1.54) is 0 Å². The molecule has 0 bridgehead atoms. The Hall–Kier alpha value is -0.270. The van der Waals surface area contributed by atoms with Crippen LogP contribution in [0.15, 0.2) is 22.8 Å². The molecule has 0 fully saturated rings. The van der Waals surface area contributed by atoms with E-state index in [0.717, 1.165) is 12.0 Å². The summed E-state index contributed by atoms with van der Waals surface area (Å²) in [6.07, 6.45) is 4.60. The number of hydrogen-bond acceptors (Lipinski definition) is 1. The first kappa shape index (κ1) is 9.73. The average Bonchev–Trinajstić information content (AvgIpc) is 1.99. The highest BCUT2D eigenvalue weighted by molar-refractivity contribution is 6.31. The van der Waals surface area contributed by atoms with E-state index in [9.17, 15) is 0 Å². The fraction of sp³-hybridized carbons (Fsp3) is 0.500. The predicted octanol–water partition coefficient (Wildman–Crippen LogP) is 2.46. The van der Waals surface area contributed by atoms with Gasteiger partial charge in [-0.25, -0.2) is 0 Å². The highest BCUT2D eigenvalue weighted by Crippen LogP contribution is 2.13. The highest BCUT2D eigenvalue weighted by Gasteiger charge is 1.96. The van der Waals surface area contributed by atoms with Crippen molar-refractivity contribution in [1.82, 2.24) is 0 Å². The molecule has 0 aromatic heterocycles. The first-order valence-corrected chi connectivity index (χ1v) is 3.76. The standard InChI is InChI=1S/C8H13ClO/c1-3-5-7(6-10)8(9)4-2/h4-5,10H,3,6H2,1-2H3/b7-5-,8-4+. The second-order valence-electron chi connectivity index (χ2n) is 1.93. The van der Waals surface area contributed by atoms with Gasteiger partial charge in [-0.05, 0) is 18.9 Å². The molecular weight excluding hydrogens is 148 g/mol. The minimum Gasteiger partial charge on any atom is -0.392 e. The van der Waals surface area contributed by atoms with Crippen molar-refractivity contribution in [1.29, 1.82) is 0 Å². The van der Waals surface area contributed by atoms with Crippen molar-refractivity contribution < 1.29 is 5.11 Å². The Morgan fingerprint density at radius 1 is 1.60 bits per heavy atom. The molecule has 10 heavy (non-hydrogen) atoms. The monoisotopic (exact) mass is 160 g/mol. The zero-order valence-electron chi connectivity index (χ0n) is 6.39. The Kier molecular flexibility index (Phi) is 5.36. The number of rotatable bonds is 3. The zero-order valence-corrected chi connectivity index (χ0v) is 7.15. The first-order valence-electron chi connectivity index (χ1n) is 3.38. The van der Waals surface area contributed by atoms with Gasteiger partial charge in [0.1, 0.15) is 0 Å². The molecule has 0 heterocycles. The number of hydrogen-bond donors (Lipinski definition) is 1. The van der Waals surface area contributed by atoms with E-state index in [4.69, 9.17) is 16.7 Å². The SMILES string of the molecule is C/C=C(Cl)\C(=C/CC)CO. The highest BCUT2D eigenvalue weighted by atomic mass is 35.5. The molecule has 0 atom stereocenters. The summed E-state index contributed by atoms with van der Waals surface area (Å²) in [5.41, 5.74) is 0.812. The lowest BCUT2D eigenvalue weighted by Crippen LogP contribution is -1.89. The summed E-state index contributed by atoms with van der Waals surface area (Å²) in [4.78, 5) is 0. The van der Waals surface area contributed by atoms with Crippen LogP contribution in [0.2, 0.25) is 0 Å². The lowest BCUT2D eigenvalue weighted by molar-refractivity contribution is 0.334. The Labute approximate surface area is 67.0 Å². The van der Waals surface area contributed by atoms with Gasteiger partial charge in [0.2, 0.25) is 0 Å². The van der Waals surface area contributed by atoms with Crippen LogP contribution in [-0.4, -0.2) is 11.7 Å². The normalized spacial score (nSPS) is 14.0. The van der Waals surface area contributed by atoms with Crippen molar-refractivity contribution in [3.63, 3.8) is 0 Å². The molecule has 0 radical (unpaired) electrons. The van der Waals surface area contributed by atoms with Crippen LogP contribution in [0.25, 0.3) is 0 Å². The minimum absolute atomic E-state index is 0.0248. The molecule has 0 aliphatic heterocycles. The van der Waals surface area contributed by atoms with Gasteiger partial charge in [0.05, 0.1) is 6.61 Å². The maximum Gasteiger partial charge on any atom is 0.0693 e. The van der Waals surface area contributed by atoms with Crippen molar-refractivity contribution in [3.8, 4) is 0 Å². The fourth-order valence-electron chi connectivity index (χ4n) is 0.669. The molecule has 0 saturated heterocycles. The summed E-state index contributed by atoms with van der Waals surface area (Å²) in [5.74, 6) is 0. The summed E-state index contributed by atoms with van der Waals surface area (Å²) < 4.78 is 0. The third-order valence-electron chi connectivity index (χ3n) is 1.18. The molecule has 0 rings (SSSR count). The van der Waals surface area contributed by atoms with Crippen molar-refractivity contribution in [2.45, 2.75) is 20.3 Å². The molecule has 0 aromatic rings. The van der Waals surface area contributed by atoms with Crippen molar-refractivity contribution in [2.24, 2.45) is 0 Å². The molecule has 0 amide bonds.